The quantitative estimate of drug-likeness (QED) is 0.234. The second kappa shape index (κ2) is 15.3. The molecule has 0 unspecified atom stereocenters. The van der Waals surface area contributed by atoms with Gasteiger partial charge in [-0.1, -0.05) is 92.1 Å². The van der Waals surface area contributed by atoms with Crippen molar-refractivity contribution >= 4 is 46.1 Å². The van der Waals surface area contributed by atoms with Crippen LogP contribution in [-0.2, 0) is 5.41 Å². The summed E-state index contributed by atoms with van der Waals surface area (Å²) >= 11 is 7.53. The molecule has 0 saturated carbocycles. The van der Waals surface area contributed by atoms with Gasteiger partial charge in [0.2, 0.25) is 0 Å². The number of fused-ring (bicyclic) bond motifs is 2. The molecule has 3 aromatic carbocycles. The Morgan fingerprint density at radius 2 is 1.72 bits per heavy atom. The van der Waals surface area contributed by atoms with Crippen LogP contribution in [0.25, 0.3) is 0 Å². The first kappa shape index (κ1) is 33.6. The number of aliphatic imine (C=N–C) groups is 1. The molecular weight excluding hydrogens is 611 g/mol. The summed E-state index contributed by atoms with van der Waals surface area (Å²) in [4.78, 5) is 24.4. The lowest BCUT2D eigenvalue weighted by Gasteiger charge is -2.36. The van der Waals surface area contributed by atoms with Gasteiger partial charge in [-0.15, -0.1) is 0 Å². The van der Waals surface area contributed by atoms with Crippen LogP contribution < -0.4 is 4.74 Å². The van der Waals surface area contributed by atoms with Crippen molar-refractivity contribution in [1.29, 1.82) is 5.26 Å². The van der Waals surface area contributed by atoms with E-state index in [1.807, 2.05) is 90.8 Å². The summed E-state index contributed by atoms with van der Waals surface area (Å²) in [6.07, 6.45) is 4.61. The van der Waals surface area contributed by atoms with Crippen LogP contribution in [0.15, 0.2) is 77.8 Å². The summed E-state index contributed by atoms with van der Waals surface area (Å²) in [5.41, 5.74) is 3.66. The van der Waals surface area contributed by atoms with Gasteiger partial charge in [0.1, 0.15) is 22.1 Å². The van der Waals surface area contributed by atoms with E-state index >= 15 is 0 Å². The number of aryl methyl sites for hydroxylation is 1. The van der Waals surface area contributed by atoms with E-state index < -0.39 is 5.41 Å². The highest BCUT2D eigenvalue weighted by Crippen LogP contribution is 2.37. The molecule has 2 saturated heterocycles. The maximum atomic E-state index is 13.1. The minimum atomic E-state index is -0.710. The van der Waals surface area contributed by atoms with E-state index in [0.717, 1.165) is 84.6 Å². The molecule has 3 aliphatic heterocycles. The molecule has 1 atom stereocenters. The number of hydrogen-bond acceptors (Lipinski definition) is 7. The molecule has 240 valence electrons. The number of carbonyl (C=O) groups excluding carboxylic acids is 1. The molecule has 9 heteroatoms. The van der Waals surface area contributed by atoms with Gasteiger partial charge in [-0.25, -0.2) is 0 Å². The van der Waals surface area contributed by atoms with Crippen molar-refractivity contribution in [2.24, 2.45) is 4.99 Å². The Hall–Kier alpha value is -3.71. The molecule has 3 aliphatic rings. The molecule has 0 bridgehead atoms. The summed E-state index contributed by atoms with van der Waals surface area (Å²) in [6, 6.07) is 26.8. The number of thioether (sulfide) groups is 1. The van der Waals surface area contributed by atoms with Crippen molar-refractivity contribution in [3.05, 3.63) is 95.1 Å². The lowest BCUT2D eigenvalue weighted by molar-refractivity contribution is 0.0774. The van der Waals surface area contributed by atoms with Gasteiger partial charge in [-0.3, -0.25) is 14.7 Å². The predicted molar refractivity (Wildman–Crippen MR) is 193 cm³/mol. The smallest absolute Gasteiger partial charge is 0.256 e. The van der Waals surface area contributed by atoms with E-state index in [1.54, 1.807) is 11.8 Å². The highest BCUT2D eigenvalue weighted by atomic mass is 32.2. The molecule has 0 radical (unpaired) electrons. The molecule has 0 aliphatic carbocycles. The molecule has 0 aromatic heterocycles. The van der Waals surface area contributed by atoms with Gasteiger partial charge in [0.25, 0.3) is 5.91 Å². The van der Waals surface area contributed by atoms with Gasteiger partial charge in [-0.05, 0) is 48.9 Å². The van der Waals surface area contributed by atoms with Gasteiger partial charge in [-0.2, -0.15) is 5.26 Å². The van der Waals surface area contributed by atoms with E-state index in [1.165, 1.54) is 0 Å². The third-order valence-corrected chi connectivity index (χ3v) is 10.7. The lowest BCUT2D eigenvalue weighted by Crippen LogP contribution is -2.48. The summed E-state index contributed by atoms with van der Waals surface area (Å²) in [5, 5.41) is 10.5. The van der Waals surface area contributed by atoms with Gasteiger partial charge in [0, 0.05) is 57.3 Å². The first-order valence-electron chi connectivity index (χ1n) is 15.8. The zero-order valence-corrected chi connectivity index (χ0v) is 27.4. The molecule has 0 spiro atoms. The van der Waals surface area contributed by atoms with E-state index in [0.29, 0.717) is 24.3 Å². The number of nitrogens with zero attached hydrogens (tertiary/aromatic N) is 5. The van der Waals surface area contributed by atoms with Crippen LogP contribution in [0, 0.1) is 18.3 Å². The van der Waals surface area contributed by atoms with Gasteiger partial charge in [0.05, 0.1) is 23.4 Å². The Kier molecular flexibility index (Phi) is 11.2. The van der Waals surface area contributed by atoms with Crippen LogP contribution in [0.3, 0.4) is 0 Å². The van der Waals surface area contributed by atoms with E-state index in [2.05, 4.69) is 20.9 Å². The van der Waals surface area contributed by atoms with E-state index in [-0.39, 0.29) is 19.4 Å². The van der Waals surface area contributed by atoms with Crippen molar-refractivity contribution in [2.45, 2.75) is 45.1 Å². The molecule has 3 aromatic rings. The third-order valence-electron chi connectivity index (χ3n) is 9.19. The van der Waals surface area contributed by atoms with Crippen molar-refractivity contribution in [3.8, 4) is 11.8 Å². The van der Waals surface area contributed by atoms with Gasteiger partial charge >= 0.3 is 0 Å². The summed E-state index contributed by atoms with van der Waals surface area (Å²) in [6.45, 7) is 7.77. The standard InChI is InChI=1S/C36H39N5O2S2.CH4/c1-27-23-31-32(38-25-30-13-8-15-41(30)34(31)42)24-33(27)43-21-20-39-16-18-40(19-17-39)35(44)45-22-14-36(26-37,28-9-4-2-5-10-28)29-11-6-3-7-12-29;/h2-7,9-12,23-25,30H,8,13-22H2,1H3;1H4/t30-;/m0./s1. The average Bonchev–Trinajstić information content (AvgIpc) is 3.52. The van der Waals surface area contributed by atoms with Crippen LogP contribution in [-0.4, -0.2) is 88.8 Å². The second-order valence-corrected chi connectivity index (χ2v) is 13.6. The first-order valence-corrected chi connectivity index (χ1v) is 17.2. The highest BCUT2D eigenvalue weighted by molar-refractivity contribution is 8.22. The second-order valence-electron chi connectivity index (χ2n) is 11.9. The Labute approximate surface area is 283 Å². The lowest BCUT2D eigenvalue weighted by atomic mass is 9.74. The number of hydrogen-bond donors (Lipinski definition) is 0. The van der Waals surface area contributed by atoms with Crippen LogP contribution in [0.1, 0.15) is 53.7 Å². The number of nitriles is 1. The summed E-state index contributed by atoms with van der Waals surface area (Å²) in [7, 11) is 0. The molecule has 3 heterocycles. The van der Waals surface area contributed by atoms with Crippen molar-refractivity contribution in [1.82, 2.24) is 14.7 Å². The average molecular weight is 654 g/mol. The van der Waals surface area contributed by atoms with Gasteiger partial charge < -0.3 is 14.5 Å². The fraction of sp³-hybridized carbons (Fsp3) is 0.405. The zero-order chi connectivity index (χ0) is 31.2. The van der Waals surface area contributed by atoms with Crippen molar-refractivity contribution in [2.75, 3.05) is 51.6 Å². The number of piperazine rings is 1. The van der Waals surface area contributed by atoms with Crippen molar-refractivity contribution < 1.29 is 9.53 Å². The number of benzene rings is 3. The largest absolute Gasteiger partial charge is 0.492 e. The third kappa shape index (κ3) is 7.15. The van der Waals surface area contributed by atoms with Crippen molar-refractivity contribution in [3.63, 3.8) is 0 Å². The van der Waals surface area contributed by atoms with Crippen LogP contribution >= 0.6 is 24.0 Å². The summed E-state index contributed by atoms with van der Waals surface area (Å²) < 4.78 is 7.11. The number of amides is 1. The van der Waals surface area contributed by atoms with Gasteiger partial charge in [0.15, 0.2) is 0 Å². The van der Waals surface area contributed by atoms with Crippen LogP contribution in [0.5, 0.6) is 5.75 Å². The number of ether oxygens (including phenoxy) is 1. The van der Waals surface area contributed by atoms with Crippen LogP contribution in [0.4, 0.5) is 5.69 Å². The van der Waals surface area contributed by atoms with E-state index in [9.17, 15) is 10.1 Å². The molecule has 46 heavy (non-hydrogen) atoms. The van der Waals surface area contributed by atoms with E-state index in [4.69, 9.17) is 17.0 Å². The summed E-state index contributed by atoms with van der Waals surface area (Å²) in [5.74, 6) is 1.63. The minimum absolute atomic E-state index is 0. The Bertz CT molecular complexity index is 1540. The Morgan fingerprint density at radius 1 is 1.04 bits per heavy atom. The highest BCUT2D eigenvalue weighted by Gasteiger charge is 2.35. The molecular formula is C37H43N5O2S2. The first-order chi connectivity index (χ1) is 22.0. The molecule has 7 nitrogen and oxygen atoms in total. The number of rotatable bonds is 9. The number of carbonyl (C=O) groups is 1. The monoisotopic (exact) mass is 653 g/mol. The minimum Gasteiger partial charge on any atom is -0.492 e. The Morgan fingerprint density at radius 3 is 2.37 bits per heavy atom. The predicted octanol–water partition coefficient (Wildman–Crippen LogP) is 6.87. The maximum absolute atomic E-state index is 13.1. The zero-order valence-electron chi connectivity index (χ0n) is 25.7. The molecule has 6 rings (SSSR count). The fourth-order valence-corrected chi connectivity index (χ4v) is 7.92. The molecule has 2 fully saturated rings. The molecule has 0 N–H and O–H groups in total. The van der Waals surface area contributed by atoms with Crippen LogP contribution in [0.2, 0.25) is 0 Å². The SMILES string of the molecule is C.Cc1cc2c(cc1OCCN1CCN(C(=S)SCCC(C#N)(c3ccccc3)c3ccccc3)CC1)N=C[C@@H]1CCCN1C2=O. The normalized spacial score (nSPS) is 17.8. The molecule has 1 amide bonds. The number of thiocarbonyl (C=S) groups is 1. The fourth-order valence-electron chi connectivity index (χ4n) is 6.54. The maximum Gasteiger partial charge on any atom is 0.256 e. The Balaban J connectivity index is 0.00000417. The topological polar surface area (TPSA) is 72.2 Å².